The zero-order valence-corrected chi connectivity index (χ0v) is 11.7. The van der Waals surface area contributed by atoms with Gasteiger partial charge >= 0.3 is 6.36 Å². The number of halogens is 4. The van der Waals surface area contributed by atoms with Gasteiger partial charge in [0.1, 0.15) is 6.61 Å². The molecule has 0 aromatic heterocycles. The quantitative estimate of drug-likeness (QED) is 0.781. The number of hydrogen-bond acceptors (Lipinski definition) is 2. The van der Waals surface area contributed by atoms with Gasteiger partial charge in [-0.25, -0.2) is 0 Å². The predicted molar refractivity (Wildman–Crippen MR) is 71.6 cm³/mol. The van der Waals surface area contributed by atoms with Gasteiger partial charge in [-0.05, 0) is 33.6 Å². The zero-order valence-electron chi connectivity index (χ0n) is 10.2. The van der Waals surface area contributed by atoms with Crippen molar-refractivity contribution >= 4 is 15.9 Å². The molecular weight excluding hydrogens is 337 g/mol. The highest BCUT2D eigenvalue weighted by atomic mass is 79.9. The maximum absolute atomic E-state index is 12.3. The minimum atomic E-state index is -4.76. The molecule has 0 amide bonds. The number of para-hydroxylation sites is 1. The van der Waals surface area contributed by atoms with E-state index in [0.717, 1.165) is 5.56 Å². The van der Waals surface area contributed by atoms with E-state index in [1.54, 1.807) is 6.07 Å². The molecule has 0 fully saturated rings. The summed E-state index contributed by atoms with van der Waals surface area (Å²) in [7, 11) is 0. The largest absolute Gasteiger partial charge is 0.573 e. The topological polar surface area (TPSA) is 18.5 Å². The molecule has 2 nitrogen and oxygen atoms in total. The number of alkyl halides is 3. The van der Waals surface area contributed by atoms with Gasteiger partial charge in [0.15, 0.2) is 11.5 Å². The molecule has 0 bridgehead atoms. The van der Waals surface area contributed by atoms with E-state index in [4.69, 9.17) is 4.74 Å². The fourth-order valence-corrected chi connectivity index (χ4v) is 2.03. The molecule has 2 aromatic rings. The summed E-state index contributed by atoms with van der Waals surface area (Å²) in [5, 5.41) is 0. The number of benzene rings is 2. The molecule has 2 rings (SSSR count). The Morgan fingerprint density at radius 1 is 0.950 bits per heavy atom. The number of ether oxygens (including phenoxy) is 2. The van der Waals surface area contributed by atoms with E-state index in [-0.39, 0.29) is 18.1 Å². The average Bonchev–Trinajstić information content (AvgIpc) is 2.37. The van der Waals surface area contributed by atoms with Crippen molar-refractivity contribution in [1.29, 1.82) is 0 Å². The number of rotatable bonds is 4. The van der Waals surface area contributed by atoms with Crippen molar-refractivity contribution in [3.05, 3.63) is 58.6 Å². The van der Waals surface area contributed by atoms with Crippen molar-refractivity contribution in [2.45, 2.75) is 13.0 Å². The molecule has 0 radical (unpaired) electrons. The van der Waals surface area contributed by atoms with Crippen LogP contribution in [0.2, 0.25) is 0 Å². The van der Waals surface area contributed by atoms with Crippen molar-refractivity contribution < 1.29 is 22.6 Å². The summed E-state index contributed by atoms with van der Waals surface area (Å²) < 4.78 is 46.7. The molecule has 0 N–H and O–H groups in total. The molecule has 20 heavy (non-hydrogen) atoms. The lowest BCUT2D eigenvalue weighted by atomic mass is 10.2. The molecule has 0 atom stereocenters. The second kappa shape index (κ2) is 6.17. The lowest BCUT2D eigenvalue weighted by Gasteiger charge is -2.15. The summed E-state index contributed by atoms with van der Waals surface area (Å²) in [4.78, 5) is 0. The maximum atomic E-state index is 12.3. The van der Waals surface area contributed by atoms with Gasteiger partial charge in [-0.15, -0.1) is 13.2 Å². The molecular formula is C14H10BrF3O2. The summed E-state index contributed by atoms with van der Waals surface area (Å²) in [5.41, 5.74) is 0.848. The molecule has 0 unspecified atom stereocenters. The van der Waals surface area contributed by atoms with Crippen LogP contribution in [-0.2, 0) is 6.61 Å². The van der Waals surface area contributed by atoms with Crippen LogP contribution in [0, 0.1) is 0 Å². The molecule has 0 saturated heterocycles. The van der Waals surface area contributed by atoms with E-state index in [1.165, 1.54) is 12.1 Å². The SMILES string of the molecule is FC(F)(F)Oc1cccc(Br)c1OCc1ccccc1. The van der Waals surface area contributed by atoms with Crippen molar-refractivity contribution in [3.8, 4) is 11.5 Å². The molecule has 0 saturated carbocycles. The summed E-state index contributed by atoms with van der Waals surface area (Å²) in [6.07, 6.45) is -4.76. The highest BCUT2D eigenvalue weighted by molar-refractivity contribution is 9.10. The Morgan fingerprint density at radius 2 is 1.65 bits per heavy atom. The van der Waals surface area contributed by atoms with E-state index in [2.05, 4.69) is 20.7 Å². The van der Waals surface area contributed by atoms with Crippen LogP contribution in [-0.4, -0.2) is 6.36 Å². The molecule has 6 heteroatoms. The Balaban J connectivity index is 2.18. The first-order valence-corrected chi connectivity index (χ1v) is 6.46. The highest BCUT2D eigenvalue weighted by Gasteiger charge is 2.32. The molecule has 0 aliphatic carbocycles. The van der Waals surface area contributed by atoms with E-state index in [9.17, 15) is 13.2 Å². The third kappa shape index (κ3) is 4.16. The van der Waals surface area contributed by atoms with Crippen LogP contribution >= 0.6 is 15.9 Å². The van der Waals surface area contributed by atoms with Crippen LogP contribution in [0.25, 0.3) is 0 Å². The second-order valence-electron chi connectivity index (χ2n) is 3.89. The Bertz CT molecular complexity index is 570. The van der Waals surface area contributed by atoms with Gasteiger partial charge < -0.3 is 9.47 Å². The van der Waals surface area contributed by atoms with Crippen LogP contribution < -0.4 is 9.47 Å². The lowest BCUT2D eigenvalue weighted by Crippen LogP contribution is -2.17. The van der Waals surface area contributed by atoms with E-state index in [0.29, 0.717) is 4.47 Å². The van der Waals surface area contributed by atoms with Gasteiger partial charge in [0.25, 0.3) is 0 Å². The van der Waals surface area contributed by atoms with Crippen LogP contribution in [0.15, 0.2) is 53.0 Å². The first kappa shape index (κ1) is 14.7. The highest BCUT2D eigenvalue weighted by Crippen LogP contribution is 2.38. The third-order valence-corrected chi connectivity index (χ3v) is 3.01. The van der Waals surface area contributed by atoms with Gasteiger partial charge in [0, 0.05) is 0 Å². The van der Waals surface area contributed by atoms with E-state index in [1.807, 2.05) is 30.3 Å². The second-order valence-corrected chi connectivity index (χ2v) is 4.74. The monoisotopic (exact) mass is 346 g/mol. The van der Waals surface area contributed by atoms with Gasteiger partial charge in [0.2, 0.25) is 0 Å². The van der Waals surface area contributed by atoms with Gasteiger partial charge in [-0.2, -0.15) is 0 Å². The zero-order chi connectivity index (χ0) is 14.6. The van der Waals surface area contributed by atoms with Gasteiger partial charge in [0.05, 0.1) is 4.47 Å². The minimum Gasteiger partial charge on any atom is -0.484 e. The summed E-state index contributed by atoms with van der Waals surface area (Å²) in [6.45, 7) is 0.150. The van der Waals surface area contributed by atoms with Crippen LogP contribution in [0.1, 0.15) is 5.56 Å². The van der Waals surface area contributed by atoms with Crippen LogP contribution in [0.5, 0.6) is 11.5 Å². The summed E-state index contributed by atoms with van der Waals surface area (Å²) >= 11 is 3.16. The lowest BCUT2D eigenvalue weighted by molar-refractivity contribution is -0.275. The fraction of sp³-hybridized carbons (Fsp3) is 0.143. The van der Waals surface area contributed by atoms with Crippen molar-refractivity contribution in [1.82, 2.24) is 0 Å². The van der Waals surface area contributed by atoms with E-state index < -0.39 is 6.36 Å². The summed E-state index contributed by atoms with van der Waals surface area (Å²) in [5.74, 6) is -0.350. The van der Waals surface area contributed by atoms with Crippen molar-refractivity contribution in [2.75, 3.05) is 0 Å². The first-order chi connectivity index (χ1) is 9.46. The molecule has 2 aromatic carbocycles. The first-order valence-electron chi connectivity index (χ1n) is 5.67. The normalized spacial score (nSPS) is 11.2. The van der Waals surface area contributed by atoms with Crippen LogP contribution in [0.3, 0.4) is 0 Å². The summed E-state index contributed by atoms with van der Waals surface area (Å²) in [6, 6.07) is 13.4. The molecule has 0 aliphatic rings. The third-order valence-electron chi connectivity index (χ3n) is 2.38. The van der Waals surface area contributed by atoms with Crippen LogP contribution in [0.4, 0.5) is 13.2 Å². The Hall–Kier alpha value is -1.69. The van der Waals surface area contributed by atoms with Gasteiger partial charge in [-0.1, -0.05) is 36.4 Å². The Labute approximate surface area is 122 Å². The average molecular weight is 347 g/mol. The Morgan fingerprint density at radius 3 is 2.30 bits per heavy atom. The molecule has 0 spiro atoms. The predicted octanol–water partition coefficient (Wildman–Crippen LogP) is 4.93. The molecule has 0 aliphatic heterocycles. The van der Waals surface area contributed by atoms with E-state index >= 15 is 0 Å². The standard InChI is InChI=1S/C14H10BrF3O2/c15-11-7-4-8-12(20-14(16,17)18)13(11)19-9-10-5-2-1-3-6-10/h1-8H,9H2. The maximum Gasteiger partial charge on any atom is 0.573 e. The molecule has 0 heterocycles. The molecule has 106 valence electrons. The number of hydrogen-bond donors (Lipinski definition) is 0. The van der Waals surface area contributed by atoms with Crippen molar-refractivity contribution in [2.24, 2.45) is 0 Å². The fourth-order valence-electron chi connectivity index (χ4n) is 1.56. The van der Waals surface area contributed by atoms with Crippen molar-refractivity contribution in [3.63, 3.8) is 0 Å². The minimum absolute atomic E-state index is 0.0219. The Kier molecular flexibility index (Phi) is 4.54. The van der Waals surface area contributed by atoms with Gasteiger partial charge in [-0.3, -0.25) is 0 Å². The smallest absolute Gasteiger partial charge is 0.484 e.